The molecule has 0 N–H and O–H groups in total. The molecule has 1 heterocycles. The first-order chi connectivity index (χ1) is 7.95. The first-order valence-corrected chi connectivity index (χ1v) is 6.48. The molecule has 0 fully saturated rings. The second-order valence-corrected chi connectivity index (χ2v) is 4.68. The summed E-state index contributed by atoms with van der Waals surface area (Å²) in [7, 11) is -0.915. The Morgan fingerprint density at radius 1 is 1.12 bits per heavy atom. The van der Waals surface area contributed by atoms with E-state index in [9.17, 15) is 0 Å². The monoisotopic (exact) mass is 228 g/mol. The highest BCUT2D eigenvalue weighted by Gasteiger charge is 2.14. The third-order valence-corrected chi connectivity index (χ3v) is 3.58. The number of hydrogen-bond acceptors (Lipinski definition) is 2. The number of hydrogen-bond donors (Lipinski definition) is 0. The van der Waals surface area contributed by atoms with Gasteiger partial charge in [-0.25, -0.2) is 0 Å². The largest absolute Gasteiger partial charge is 0.530 e. The Balaban J connectivity index is 2.35. The summed E-state index contributed by atoms with van der Waals surface area (Å²) < 4.78 is 11.2. The van der Waals surface area contributed by atoms with Gasteiger partial charge in [0.25, 0.3) is 0 Å². The maximum absolute atomic E-state index is 5.75. The van der Waals surface area contributed by atoms with Gasteiger partial charge in [0.05, 0.1) is 12.4 Å². The van der Waals surface area contributed by atoms with E-state index in [1.807, 2.05) is 24.5 Å². The Morgan fingerprint density at radius 2 is 2.06 bits per heavy atom. The zero-order valence-electron chi connectivity index (χ0n) is 8.80. The summed E-state index contributed by atoms with van der Waals surface area (Å²) in [6.07, 6.45) is 10.2. The lowest BCUT2D eigenvalue weighted by molar-refractivity contribution is 0.270. The number of benzene rings is 1. The smallest absolute Gasteiger partial charge is 0.366 e. The van der Waals surface area contributed by atoms with Gasteiger partial charge in [-0.15, -0.1) is 0 Å². The molecule has 0 bridgehead atoms. The molecule has 0 saturated heterocycles. The van der Waals surface area contributed by atoms with Gasteiger partial charge in [-0.1, -0.05) is 48.6 Å². The summed E-state index contributed by atoms with van der Waals surface area (Å²) in [5.74, 6) is 0. The SMILES string of the molecule is C1=C/C2=c3\ccccc3=CO[SiH2]OC2C=C1. The first kappa shape index (κ1) is 9.63. The molecule has 3 rings (SSSR count). The van der Waals surface area contributed by atoms with Crippen molar-refractivity contribution in [3.05, 3.63) is 59.0 Å². The highest BCUT2D eigenvalue weighted by atomic mass is 28.3. The highest BCUT2D eigenvalue weighted by molar-refractivity contribution is 6.19. The first-order valence-electron chi connectivity index (χ1n) is 5.33. The zero-order valence-corrected chi connectivity index (χ0v) is 10.2. The average molecular weight is 228 g/mol. The van der Waals surface area contributed by atoms with Crippen LogP contribution in [0.2, 0.25) is 0 Å². The summed E-state index contributed by atoms with van der Waals surface area (Å²) in [5, 5.41) is 2.33. The van der Waals surface area contributed by atoms with Crippen LogP contribution >= 0.6 is 0 Å². The summed E-state index contributed by atoms with van der Waals surface area (Å²) >= 11 is 0. The van der Waals surface area contributed by atoms with Crippen LogP contribution in [0.1, 0.15) is 0 Å². The van der Waals surface area contributed by atoms with Gasteiger partial charge < -0.3 is 8.85 Å². The molecule has 1 aliphatic heterocycles. The van der Waals surface area contributed by atoms with Gasteiger partial charge in [0.1, 0.15) is 0 Å². The minimum atomic E-state index is -0.915. The van der Waals surface area contributed by atoms with Gasteiger partial charge in [-0.05, 0) is 10.8 Å². The van der Waals surface area contributed by atoms with Crippen LogP contribution < -0.4 is 10.4 Å². The lowest BCUT2D eigenvalue weighted by atomic mass is 10.0. The average Bonchev–Trinajstić information content (AvgIpc) is 2.33. The van der Waals surface area contributed by atoms with Gasteiger partial charge in [-0.3, -0.25) is 0 Å². The summed E-state index contributed by atoms with van der Waals surface area (Å²) in [6, 6.07) is 8.26. The van der Waals surface area contributed by atoms with Crippen molar-refractivity contribution in [2.75, 3.05) is 0 Å². The molecule has 0 aromatic heterocycles. The van der Waals surface area contributed by atoms with E-state index in [1.54, 1.807) is 0 Å². The molecular weight excluding hydrogens is 216 g/mol. The molecule has 3 heteroatoms. The number of fused-ring (bicyclic) bond motifs is 2. The Labute approximate surface area is 96.3 Å². The van der Waals surface area contributed by atoms with E-state index in [-0.39, 0.29) is 6.10 Å². The van der Waals surface area contributed by atoms with Crippen molar-refractivity contribution in [2.24, 2.45) is 0 Å². The van der Waals surface area contributed by atoms with E-state index in [2.05, 4.69) is 30.4 Å². The molecule has 1 atom stereocenters. The zero-order chi connectivity index (χ0) is 10.8. The van der Waals surface area contributed by atoms with Gasteiger partial charge >= 0.3 is 10.0 Å². The molecule has 80 valence electrons. The molecule has 2 nitrogen and oxygen atoms in total. The van der Waals surface area contributed by atoms with Crippen LogP contribution in [0.5, 0.6) is 0 Å². The molecule has 1 aliphatic carbocycles. The minimum absolute atomic E-state index is 0.0616. The molecule has 0 amide bonds. The van der Waals surface area contributed by atoms with Crippen LogP contribution in [0.3, 0.4) is 0 Å². The Hall–Kier alpha value is -1.58. The van der Waals surface area contributed by atoms with Crippen molar-refractivity contribution in [1.29, 1.82) is 0 Å². The van der Waals surface area contributed by atoms with E-state index in [4.69, 9.17) is 8.85 Å². The second-order valence-electron chi connectivity index (χ2n) is 3.78. The number of allylic oxidation sites excluding steroid dienone is 2. The quantitative estimate of drug-likeness (QED) is 0.587. The lowest BCUT2D eigenvalue weighted by Crippen LogP contribution is -2.34. The standard InChI is InChI=1S/C13H12O2Si/c1-2-6-11-10(5-1)9-14-16-15-13-8-4-3-7-12(11)13/h1-9,13H,16H2/b10-9?,12-11-. The van der Waals surface area contributed by atoms with Crippen LogP contribution in [0, 0.1) is 0 Å². The Kier molecular flexibility index (Phi) is 2.48. The molecule has 16 heavy (non-hydrogen) atoms. The lowest BCUT2D eigenvalue weighted by Gasteiger charge is -2.19. The molecular formula is C13H12O2Si. The van der Waals surface area contributed by atoms with Crippen molar-refractivity contribution >= 4 is 21.8 Å². The van der Waals surface area contributed by atoms with E-state index in [1.165, 1.54) is 10.8 Å². The second kappa shape index (κ2) is 4.12. The van der Waals surface area contributed by atoms with Crippen LogP contribution in [0.15, 0.2) is 48.6 Å². The molecule has 0 radical (unpaired) electrons. The molecule has 1 aromatic carbocycles. The predicted molar refractivity (Wildman–Crippen MR) is 66.3 cm³/mol. The van der Waals surface area contributed by atoms with Crippen LogP contribution in [0.4, 0.5) is 0 Å². The molecule has 2 aliphatic rings. The van der Waals surface area contributed by atoms with Gasteiger partial charge in [0, 0.05) is 5.22 Å². The third-order valence-electron chi connectivity index (χ3n) is 2.78. The highest BCUT2D eigenvalue weighted by Crippen LogP contribution is 2.14. The summed E-state index contributed by atoms with van der Waals surface area (Å²) in [6.45, 7) is 0. The van der Waals surface area contributed by atoms with Crippen LogP contribution in [0.25, 0.3) is 11.8 Å². The van der Waals surface area contributed by atoms with E-state index in [0.717, 1.165) is 5.22 Å². The fourth-order valence-corrected chi connectivity index (χ4v) is 2.77. The fourth-order valence-electron chi connectivity index (χ4n) is 2.01. The van der Waals surface area contributed by atoms with Crippen LogP contribution in [-0.2, 0) is 8.85 Å². The Morgan fingerprint density at radius 3 is 3.06 bits per heavy atom. The van der Waals surface area contributed by atoms with Crippen molar-refractivity contribution in [1.82, 2.24) is 0 Å². The van der Waals surface area contributed by atoms with Gasteiger partial charge in [-0.2, -0.15) is 0 Å². The maximum atomic E-state index is 5.75. The van der Waals surface area contributed by atoms with Gasteiger partial charge in [0.2, 0.25) is 0 Å². The summed E-state index contributed by atoms with van der Waals surface area (Å²) in [5.41, 5.74) is 1.23. The molecule has 0 saturated carbocycles. The normalized spacial score (nSPS) is 27.1. The maximum Gasteiger partial charge on any atom is 0.366 e. The van der Waals surface area contributed by atoms with E-state index >= 15 is 0 Å². The van der Waals surface area contributed by atoms with Gasteiger partial charge in [0.15, 0.2) is 0 Å². The topological polar surface area (TPSA) is 18.5 Å². The summed E-state index contributed by atoms with van der Waals surface area (Å²) in [4.78, 5) is 0. The Bertz CT molecular complexity index is 572. The van der Waals surface area contributed by atoms with Crippen molar-refractivity contribution in [3.8, 4) is 0 Å². The van der Waals surface area contributed by atoms with Crippen LogP contribution in [-0.4, -0.2) is 16.1 Å². The van der Waals surface area contributed by atoms with Crippen molar-refractivity contribution < 1.29 is 8.85 Å². The molecule has 0 spiro atoms. The molecule has 1 unspecified atom stereocenters. The molecule has 1 aromatic rings. The predicted octanol–water partition coefficient (Wildman–Crippen LogP) is 0.116. The fraction of sp³-hybridized carbons (Fsp3) is 0.0769. The number of rotatable bonds is 0. The van der Waals surface area contributed by atoms with E-state index < -0.39 is 10.0 Å². The van der Waals surface area contributed by atoms with Crippen molar-refractivity contribution in [3.63, 3.8) is 0 Å². The third kappa shape index (κ3) is 1.64. The van der Waals surface area contributed by atoms with Crippen molar-refractivity contribution in [2.45, 2.75) is 6.10 Å². The minimum Gasteiger partial charge on any atom is -0.530 e. The van der Waals surface area contributed by atoms with E-state index in [0.29, 0.717) is 0 Å².